The standard InChI is InChI=1S/C19H19ClN6O2/c1-12-4-3-5-17(26-23-19(27)25(2)24-26)16(12)11-28-18-15(10-21-22-18)13-6-8-14(20)9-7-13/h3-10,24H,11H2,1-2H3,(H,21,22)(H,23,27). The smallest absolute Gasteiger partial charge is 0.352 e. The van der Waals surface area contributed by atoms with Crippen LogP contribution in [-0.2, 0) is 6.61 Å². The number of rotatable bonds is 5. The average Bonchev–Trinajstić information content (AvgIpc) is 3.28. The number of ether oxygens (including phenoxy) is 1. The Kier molecular flexibility index (Phi) is 4.81. The first-order valence-corrected chi connectivity index (χ1v) is 9.02. The quantitative estimate of drug-likeness (QED) is 0.613. The molecule has 2 heterocycles. The topological polar surface area (TPSA) is 85.5 Å². The molecule has 9 heteroatoms. The second kappa shape index (κ2) is 7.41. The predicted molar refractivity (Wildman–Crippen MR) is 106 cm³/mol. The van der Waals surface area contributed by atoms with E-state index in [9.17, 15) is 4.79 Å². The molecule has 0 unspecified atom stereocenters. The lowest BCUT2D eigenvalue weighted by molar-refractivity contribution is 0.214. The minimum absolute atomic E-state index is 0.245. The van der Waals surface area contributed by atoms with E-state index in [0.29, 0.717) is 10.9 Å². The second-order valence-electron chi connectivity index (χ2n) is 6.38. The molecule has 0 radical (unpaired) electrons. The Bertz CT molecular complexity index is 1000. The van der Waals surface area contributed by atoms with Crippen LogP contribution in [0.25, 0.3) is 11.1 Å². The molecule has 2 amide bonds. The molecule has 1 fully saturated rings. The van der Waals surface area contributed by atoms with Crippen molar-refractivity contribution >= 4 is 23.3 Å². The first-order valence-electron chi connectivity index (χ1n) is 8.64. The Labute approximate surface area is 167 Å². The molecule has 8 nitrogen and oxygen atoms in total. The molecule has 1 saturated heterocycles. The van der Waals surface area contributed by atoms with Crippen molar-refractivity contribution in [1.82, 2.24) is 26.2 Å². The number of hydrogen-bond donors (Lipinski definition) is 3. The van der Waals surface area contributed by atoms with Gasteiger partial charge in [-0.3, -0.25) is 5.10 Å². The van der Waals surface area contributed by atoms with Crippen molar-refractivity contribution in [2.45, 2.75) is 13.5 Å². The molecule has 144 valence electrons. The lowest BCUT2D eigenvalue weighted by Gasteiger charge is -2.21. The summed E-state index contributed by atoms with van der Waals surface area (Å²) in [7, 11) is 1.64. The lowest BCUT2D eigenvalue weighted by Crippen LogP contribution is -2.41. The molecular formula is C19H19ClN6O2. The lowest BCUT2D eigenvalue weighted by atomic mass is 10.1. The highest BCUT2D eigenvalue weighted by molar-refractivity contribution is 6.30. The van der Waals surface area contributed by atoms with E-state index in [-0.39, 0.29) is 12.6 Å². The number of hydrogen-bond acceptors (Lipinski definition) is 5. The zero-order valence-corrected chi connectivity index (χ0v) is 16.1. The van der Waals surface area contributed by atoms with Crippen LogP contribution < -0.4 is 20.8 Å². The number of aromatic nitrogens is 2. The van der Waals surface area contributed by atoms with Crippen molar-refractivity contribution in [2.24, 2.45) is 0 Å². The number of nitrogens with one attached hydrogen (secondary N) is 3. The number of aromatic amines is 1. The van der Waals surface area contributed by atoms with E-state index in [4.69, 9.17) is 16.3 Å². The van der Waals surface area contributed by atoms with Crippen LogP contribution in [0.5, 0.6) is 5.88 Å². The number of nitrogens with zero attached hydrogens (tertiary/aromatic N) is 3. The zero-order valence-electron chi connectivity index (χ0n) is 15.4. The normalized spacial score (nSPS) is 13.8. The summed E-state index contributed by atoms with van der Waals surface area (Å²) >= 11 is 5.97. The Morgan fingerprint density at radius 1 is 1.18 bits per heavy atom. The number of carbonyl (C=O) groups excluding carboxylic acids is 1. The van der Waals surface area contributed by atoms with Crippen molar-refractivity contribution in [3.05, 3.63) is 64.8 Å². The Balaban J connectivity index is 1.58. The van der Waals surface area contributed by atoms with Crippen molar-refractivity contribution in [1.29, 1.82) is 0 Å². The van der Waals surface area contributed by atoms with Gasteiger partial charge in [-0.1, -0.05) is 35.9 Å². The number of anilines is 1. The number of urea groups is 1. The van der Waals surface area contributed by atoms with E-state index in [1.165, 1.54) is 5.01 Å². The summed E-state index contributed by atoms with van der Waals surface area (Å²) in [5.74, 6) is 0.493. The molecule has 1 aromatic heterocycles. The summed E-state index contributed by atoms with van der Waals surface area (Å²) in [5, 5.41) is 10.7. The highest BCUT2D eigenvalue weighted by atomic mass is 35.5. The maximum Gasteiger partial charge on any atom is 0.352 e. The number of H-pyrrole nitrogens is 1. The highest BCUT2D eigenvalue weighted by Gasteiger charge is 2.26. The van der Waals surface area contributed by atoms with Crippen LogP contribution >= 0.6 is 11.6 Å². The van der Waals surface area contributed by atoms with Gasteiger partial charge in [0.25, 0.3) is 0 Å². The van der Waals surface area contributed by atoms with Gasteiger partial charge in [-0.2, -0.15) is 5.12 Å². The second-order valence-corrected chi connectivity index (χ2v) is 6.82. The Hall–Kier alpha value is -3.23. The third kappa shape index (κ3) is 3.47. The molecule has 28 heavy (non-hydrogen) atoms. The van der Waals surface area contributed by atoms with E-state index in [1.54, 1.807) is 18.4 Å². The van der Waals surface area contributed by atoms with E-state index in [1.807, 2.05) is 49.4 Å². The van der Waals surface area contributed by atoms with Crippen LogP contribution in [0.1, 0.15) is 11.1 Å². The fourth-order valence-electron chi connectivity index (χ4n) is 2.95. The van der Waals surface area contributed by atoms with Gasteiger partial charge in [0, 0.05) is 23.8 Å². The van der Waals surface area contributed by atoms with Crippen LogP contribution in [0.3, 0.4) is 0 Å². The third-order valence-electron chi connectivity index (χ3n) is 4.50. The van der Waals surface area contributed by atoms with Gasteiger partial charge in [0.05, 0.1) is 11.3 Å². The SMILES string of the molecule is Cc1cccc(N2NC(=O)N(C)N2)c1COc1n[nH]cc1-c1ccc(Cl)cc1. The Morgan fingerprint density at radius 2 is 1.96 bits per heavy atom. The summed E-state index contributed by atoms with van der Waals surface area (Å²) in [4.78, 5) is 11.8. The predicted octanol–water partition coefficient (Wildman–Crippen LogP) is 3.41. The maximum absolute atomic E-state index is 11.8. The van der Waals surface area contributed by atoms with E-state index < -0.39 is 0 Å². The summed E-state index contributed by atoms with van der Waals surface area (Å²) in [6.45, 7) is 2.28. The molecule has 0 aliphatic carbocycles. The van der Waals surface area contributed by atoms with Crippen LogP contribution in [0, 0.1) is 6.92 Å². The van der Waals surface area contributed by atoms with Crippen molar-refractivity contribution in [3.8, 4) is 17.0 Å². The first-order chi connectivity index (χ1) is 13.5. The van der Waals surface area contributed by atoms with Crippen LogP contribution in [0.15, 0.2) is 48.7 Å². The van der Waals surface area contributed by atoms with Crippen LogP contribution in [-0.4, -0.2) is 28.3 Å². The molecule has 1 aliphatic heterocycles. The maximum atomic E-state index is 11.8. The van der Waals surface area contributed by atoms with Crippen molar-refractivity contribution < 1.29 is 9.53 Å². The fraction of sp³-hybridized carbons (Fsp3) is 0.158. The minimum Gasteiger partial charge on any atom is -0.471 e. The number of halogens is 1. The highest BCUT2D eigenvalue weighted by Crippen LogP contribution is 2.31. The molecule has 3 aromatic rings. The van der Waals surface area contributed by atoms with Gasteiger partial charge in [-0.25, -0.2) is 15.2 Å². The van der Waals surface area contributed by atoms with Gasteiger partial charge in [0.1, 0.15) is 6.61 Å². The molecule has 3 N–H and O–H groups in total. The first kappa shape index (κ1) is 18.1. The number of aryl methyl sites for hydroxylation is 1. The third-order valence-corrected chi connectivity index (χ3v) is 4.75. The molecular weight excluding hydrogens is 380 g/mol. The number of hydrazine groups is 3. The summed E-state index contributed by atoms with van der Waals surface area (Å²) in [5.41, 5.74) is 10.2. The monoisotopic (exact) mass is 398 g/mol. The zero-order chi connectivity index (χ0) is 19.7. The van der Waals surface area contributed by atoms with Gasteiger partial charge in [-0.05, 0) is 36.2 Å². The molecule has 0 atom stereocenters. The van der Waals surface area contributed by atoms with Gasteiger partial charge >= 0.3 is 6.03 Å². The summed E-state index contributed by atoms with van der Waals surface area (Å²) < 4.78 is 6.03. The molecule has 0 spiro atoms. The molecule has 0 saturated carbocycles. The number of amides is 2. The van der Waals surface area contributed by atoms with Gasteiger partial charge < -0.3 is 4.74 Å². The van der Waals surface area contributed by atoms with Crippen LogP contribution in [0.4, 0.5) is 10.5 Å². The van der Waals surface area contributed by atoms with E-state index >= 15 is 0 Å². The van der Waals surface area contributed by atoms with Gasteiger partial charge in [0.15, 0.2) is 0 Å². The summed E-state index contributed by atoms with van der Waals surface area (Å²) in [6, 6.07) is 13.1. The van der Waals surface area contributed by atoms with Gasteiger partial charge in [0.2, 0.25) is 5.88 Å². The van der Waals surface area contributed by atoms with Crippen molar-refractivity contribution in [3.63, 3.8) is 0 Å². The number of carbonyl (C=O) groups is 1. The van der Waals surface area contributed by atoms with Crippen molar-refractivity contribution in [2.75, 3.05) is 12.2 Å². The van der Waals surface area contributed by atoms with Crippen LogP contribution in [0.2, 0.25) is 5.02 Å². The largest absolute Gasteiger partial charge is 0.471 e. The molecule has 2 aromatic carbocycles. The molecule has 1 aliphatic rings. The molecule has 4 rings (SSSR count). The van der Waals surface area contributed by atoms with E-state index in [2.05, 4.69) is 21.2 Å². The number of benzene rings is 2. The average molecular weight is 399 g/mol. The molecule has 0 bridgehead atoms. The minimum atomic E-state index is -0.245. The summed E-state index contributed by atoms with van der Waals surface area (Å²) in [6.07, 6.45) is 1.79. The fourth-order valence-corrected chi connectivity index (χ4v) is 3.08. The Morgan fingerprint density at radius 3 is 2.68 bits per heavy atom. The van der Waals surface area contributed by atoms with E-state index in [0.717, 1.165) is 27.9 Å². The van der Waals surface area contributed by atoms with Gasteiger partial charge in [-0.15, -0.1) is 10.6 Å².